The average Bonchev–Trinajstić information content (AvgIpc) is 3.75. The molecule has 0 spiro atoms. The van der Waals surface area contributed by atoms with Crippen LogP contribution in [0.1, 0.15) is 80.8 Å². The van der Waals surface area contributed by atoms with Crippen molar-refractivity contribution >= 4 is 56.6 Å². The SMILES string of the molecule is Cc1c(C)c(S(=O)(=O)NC(N)=NCCC[C@@H]2NC(=O)[C@H](Cc3ccccc3)NC(=O)CNC(=O)[C@@H](Cc3cn(C(=O)OC(C)(C)C)c4ccccc34)NC2=O)c(C)c2c1OC(C)(C)C2. The van der Waals surface area contributed by atoms with Crippen molar-refractivity contribution in [2.45, 2.75) is 122 Å². The van der Waals surface area contributed by atoms with Crippen LogP contribution in [0.5, 0.6) is 5.75 Å². The Hall–Kier alpha value is -6.43. The summed E-state index contributed by atoms with van der Waals surface area (Å²) in [6.07, 6.45) is 1.58. The molecule has 2 aliphatic heterocycles. The fourth-order valence-corrected chi connectivity index (χ4v) is 9.60. The molecule has 1 fully saturated rings. The summed E-state index contributed by atoms with van der Waals surface area (Å²) in [6, 6.07) is 12.4. The Bertz CT molecular complexity index is 2620. The summed E-state index contributed by atoms with van der Waals surface area (Å²) in [5.41, 5.74) is 9.31. The number of ether oxygens (including phenoxy) is 2. The molecule has 17 nitrogen and oxygen atoms in total. The molecule has 3 atom stereocenters. The molecule has 18 heteroatoms. The third-order valence-electron chi connectivity index (χ3n) is 11.2. The highest BCUT2D eigenvalue weighted by molar-refractivity contribution is 7.90. The summed E-state index contributed by atoms with van der Waals surface area (Å²) in [4.78, 5) is 72.8. The first-order valence-electron chi connectivity index (χ1n) is 21.2. The van der Waals surface area contributed by atoms with Gasteiger partial charge in [-0.1, -0.05) is 48.5 Å². The molecule has 0 saturated carbocycles. The van der Waals surface area contributed by atoms with E-state index in [1.807, 2.05) is 26.8 Å². The minimum Gasteiger partial charge on any atom is -0.487 e. The van der Waals surface area contributed by atoms with Crippen LogP contribution in [0, 0.1) is 20.8 Å². The molecule has 7 N–H and O–H groups in total. The van der Waals surface area contributed by atoms with Crippen molar-refractivity contribution in [3.8, 4) is 5.75 Å². The second-order valence-corrected chi connectivity index (χ2v) is 19.6. The second-order valence-electron chi connectivity index (χ2n) is 17.9. The third kappa shape index (κ3) is 11.0. The maximum atomic E-state index is 14.2. The van der Waals surface area contributed by atoms with Crippen LogP contribution in [-0.4, -0.2) is 91.1 Å². The predicted octanol–water partition coefficient (Wildman–Crippen LogP) is 3.51. The lowest BCUT2D eigenvalue weighted by Gasteiger charge is -2.27. The number of benzene rings is 3. The Labute approximate surface area is 373 Å². The van der Waals surface area contributed by atoms with E-state index in [-0.39, 0.29) is 43.1 Å². The number of carbonyl (C=O) groups is 5. The van der Waals surface area contributed by atoms with Gasteiger partial charge < -0.3 is 36.5 Å². The van der Waals surface area contributed by atoms with Gasteiger partial charge in [-0.2, -0.15) is 0 Å². The number of carbonyl (C=O) groups excluding carboxylic acids is 5. The zero-order valence-electron chi connectivity index (χ0n) is 37.5. The van der Waals surface area contributed by atoms with Gasteiger partial charge in [0.2, 0.25) is 29.6 Å². The van der Waals surface area contributed by atoms with Gasteiger partial charge in [-0.3, -0.25) is 28.7 Å². The zero-order valence-corrected chi connectivity index (χ0v) is 38.3. The van der Waals surface area contributed by atoms with Crippen LogP contribution < -0.4 is 36.5 Å². The smallest absolute Gasteiger partial charge is 0.419 e. The number of rotatable bonds is 10. The number of aromatic nitrogens is 1. The normalized spacial score (nSPS) is 19.6. The van der Waals surface area contributed by atoms with Crippen LogP contribution in [0.3, 0.4) is 0 Å². The van der Waals surface area contributed by atoms with E-state index >= 15 is 0 Å². The monoisotopic (exact) mass is 898 g/mol. The third-order valence-corrected chi connectivity index (χ3v) is 12.8. The fourth-order valence-electron chi connectivity index (χ4n) is 8.08. The summed E-state index contributed by atoms with van der Waals surface area (Å²) < 4.78 is 43.0. The van der Waals surface area contributed by atoms with Gasteiger partial charge in [0.05, 0.1) is 17.0 Å². The summed E-state index contributed by atoms with van der Waals surface area (Å²) >= 11 is 0. The van der Waals surface area contributed by atoms with E-state index in [9.17, 15) is 32.4 Å². The Morgan fingerprint density at radius 1 is 0.891 bits per heavy atom. The highest BCUT2D eigenvalue weighted by Gasteiger charge is 2.37. The van der Waals surface area contributed by atoms with Crippen molar-refractivity contribution in [3.63, 3.8) is 0 Å². The van der Waals surface area contributed by atoms with Crippen molar-refractivity contribution < 1.29 is 41.9 Å². The molecule has 64 heavy (non-hydrogen) atoms. The number of aliphatic imine (C=N–C) groups is 1. The number of guanidine groups is 1. The molecule has 0 unspecified atom stereocenters. The van der Waals surface area contributed by atoms with Crippen molar-refractivity contribution in [1.82, 2.24) is 30.6 Å². The average molecular weight is 899 g/mol. The lowest BCUT2D eigenvalue weighted by molar-refractivity contribution is -0.135. The molecule has 0 aliphatic carbocycles. The standard InChI is InChI=1S/C46H58N8O9S/c1-26-27(2)39(28(3)32-23-46(7,8)62-38(26)32)64(60,61)53-43(47)48-20-14-18-33-41(57)52-35(22-30-25-54(44(59)63-45(4,5)6)36-19-13-12-17-31(30)36)40(56)49-24-37(55)50-34(42(58)51-33)21-29-15-10-9-11-16-29/h9-13,15-17,19,25,33-35H,14,18,20-24H2,1-8H3,(H,49,56)(H,50,55)(H,51,58)(H,52,57)(H3,47,48,53)/t33-,34-,35+/m0/s1. The molecule has 2 aliphatic rings. The van der Waals surface area contributed by atoms with Gasteiger partial charge in [0.15, 0.2) is 0 Å². The summed E-state index contributed by atoms with van der Waals surface area (Å²) in [5.74, 6) is -2.31. The lowest BCUT2D eigenvalue weighted by Crippen LogP contribution is -2.60. The molecule has 3 heterocycles. The fraction of sp³-hybridized carbons (Fsp3) is 0.435. The number of nitrogens with one attached hydrogen (secondary N) is 5. The quantitative estimate of drug-likeness (QED) is 0.0769. The van der Waals surface area contributed by atoms with Crippen LogP contribution in [0.2, 0.25) is 0 Å². The number of hydrogen-bond donors (Lipinski definition) is 6. The van der Waals surface area contributed by atoms with E-state index in [1.54, 1.807) is 89.3 Å². The topological polar surface area (TPSA) is 241 Å². The molecular formula is C46H58N8O9S. The van der Waals surface area contributed by atoms with Crippen LogP contribution in [0.25, 0.3) is 10.9 Å². The molecule has 3 aromatic carbocycles. The maximum Gasteiger partial charge on any atom is 0.419 e. The summed E-state index contributed by atoms with van der Waals surface area (Å²) in [7, 11) is -4.18. The van der Waals surface area contributed by atoms with Crippen molar-refractivity contribution in [2.75, 3.05) is 13.1 Å². The molecule has 0 radical (unpaired) electrons. The molecular weight excluding hydrogens is 841 g/mol. The molecule has 1 saturated heterocycles. The van der Waals surface area contributed by atoms with Crippen molar-refractivity contribution in [2.24, 2.45) is 10.7 Å². The number of amides is 4. The van der Waals surface area contributed by atoms with Crippen LogP contribution in [0.4, 0.5) is 4.79 Å². The summed E-state index contributed by atoms with van der Waals surface area (Å²) in [5, 5.41) is 11.5. The summed E-state index contributed by atoms with van der Waals surface area (Å²) in [6.45, 7) is 13.9. The van der Waals surface area contributed by atoms with Crippen molar-refractivity contribution in [3.05, 3.63) is 94.2 Å². The van der Waals surface area contributed by atoms with Gasteiger partial charge in [-0.05, 0) is 102 Å². The minimum atomic E-state index is -4.18. The second kappa shape index (κ2) is 18.7. The molecule has 0 bridgehead atoms. The zero-order chi connectivity index (χ0) is 46.7. The first kappa shape index (κ1) is 47.1. The van der Waals surface area contributed by atoms with E-state index in [0.29, 0.717) is 39.8 Å². The Morgan fingerprint density at radius 3 is 2.23 bits per heavy atom. The van der Waals surface area contributed by atoms with Gasteiger partial charge in [-0.25, -0.2) is 17.9 Å². The van der Waals surface area contributed by atoms with Gasteiger partial charge in [-0.15, -0.1) is 0 Å². The number of nitrogens with zero attached hydrogens (tertiary/aromatic N) is 2. The molecule has 6 rings (SSSR count). The Morgan fingerprint density at radius 2 is 1.53 bits per heavy atom. The number of hydrogen-bond acceptors (Lipinski definition) is 10. The van der Waals surface area contributed by atoms with E-state index in [2.05, 4.69) is 31.0 Å². The van der Waals surface area contributed by atoms with Crippen LogP contribution >= 0.6 is 0 Å². The predicted molar refractivity (Wildman–Crippen MR) is 241 cm³/mol. The molecule has 342 valence electrons. The first-order valence-corrected chi connectivity index (χ1v) is 22.7. The van der Waals surface area contributed by atoms with Crippen LogP contribution in [-0.2, 0) is 53.2 Å². The number of para-hydroxylation sites is 1. The van der Waals surface area contributed by atoms with E-state index in [0.717, 1.165) is 16.7 Å². The maximum absolute atomic E-state index is 14.2. The highest BCUT2D eigenvalue weighted by Crippen LogP contribution is 2.43. The Kier molecular flexibility index (Phi) is 13.8. The molecule has 4 aromatic rings. The number of fused-ring (bicyclic) bond motifs is 2. The lowest BCUT2D eigenvalue weighted by atomic mass is 9.94. The first-order chi connectivity index (χ1) is 30.0. The van der Waals surface area contributed by atoms with E-state index in [1.165, 1.54) is 4.57 Å². The van der Waals surface area contributed by atoms with Crippen LogP contribution in [0.15, 0.2) is 70.7 Å². The molecule has 4 amide bonds. The van der Waals surface area contributed by atoms with Gasteiger partial charge >= 0.3 is 6.09 Å². The van der Waals surface area contributed by atoms with E-state index in [4.69, 9.17) is 15.2 Å². The highest BCUT2D eigenvalue weighted by atomic mass is 32.2. The number of sulfonamides is 1. The van der Waals surface area contributed by atoms with Gasteiger partial charge in [0.25, 0.3) is 10.0 Å². The number of nitrogens with two attached hydrogens (primary N) is 1. The van der Waals surface area contributed by atoms with Gasteiger partial charge in [0.1, 0.15) is 35.1 Å². The largest absolute Gasteiger partial charge is 0.487 e. The minimum absolute atomic E-state index is 0.0165. The molecule has 1 aromatic heterocycles. The van der Waals surface area contributed by atoms with E-state index < -0.39 is 75.6 Å². The van der Waals surface area contributed by atoms with Gasteiger partial charge in [0, 0.05) is 43.0 Å². The Balaban J connectivity index is 1.23. The van der Waals surface area contributed by atoms with Crippen molar-refractivity contribution in [1.29, 1.82) is 0 Å².